The number of thiazole rings is 1. The van der Waals surface area contributed by atoms with Crippen LogP contribution in [0, 0.1) is 20.8 Å². The van der Waals surface area contributed by atoms with Crippen molar-refractivity contribution in [1.82, 2.24) is 24.6 Å². The highest BCUT2D eigenvalue weighted by molar-refractivity contribution is 7.18. The molecule has 0 unspecified atom stereocenters. The van der Waals surface area contributed by atoms with Crippen molar-refractivity contribution in [3.8, 4) is 0 Å². The number of amides is 1. The van der Waals surface area contributed by atoms with E-state index in [1.165, 1.54) is 0 Å². The van der Waals surface area contributed by atoms with E-state index in [1.54, 1.807) is 31.3 Å². The molecule has 0 saturated carbocycles. The van der Waals surface area contributed by atoms with E-state index in [0.717, 1.165) is 19.7 Å². The molecule has 4 rings (SSSR count). The molecule has 0 atom stereocenters. The molecule has 1 N–H and O–H groups in total. The van der Waals surface area contributed by atoms with Crippen molar-refractivity contribution in [3.05, 3.63) is 46.0 Å². The van der Waals surface area contributed by atoms with Gasteiger partial charge in [-0.1, -0.05) is 0 Å². The van der Waals surface area contributed by atoms with E-state index in [0.29, 0.717) is 29.1 Å². The van der Waals surface area contributed by atoms with Gasteiger partial charge in [0.05, 0.1) is 15.2 Å². The van der Waals surface area contributed by atoms with Crippen LogP contribution in [0.15, 0.2) is 18.2 Å². The number of alkyl halides is 3. The van der Waals surface area contributed by atoms with Crippen molar-refractivity contribution in [2.75, 3.05) is 5.32 Å². The van der Waals surface area contributed by atoms with Crippen LogP contribution < -0.4 is 5.32 Å². The van der Waals surface area contributed by atoms with Gasteiger partial charge in [-0.05, 0) is 51.0 Å². The first kappa shape index (κ1) is 20.2. The van der Waals surface area contributed by atoms with Crippen molar-refractivity contribution >= 4 is 38.9 Å². The van der Waals surface area contributed by atoms with E-state index in [9.17, 15) is 18.0 Å². The number of fused-ring (bicyclic) bond motifs is 2. The van der Waals surface area contributed by atoms with Gasteiger partial charge in [-0.2, -0.15) is 18.2 Å². The zero-order valence-corrected chi connectivity index (χ0v) is 17.1. The van der Waals surface area contributed by atoms with E-state index in [-0.39, 0.29) is 18.1 Å². The van der Waals surface area contributed by atoms with Gasteiger partial charge in [0.1, 0.15) is 0 Å². The summed E-state index contributed by atoms with van der Waals surface area (Å²) in [7, 11) is 0. The normalized spacial score (nSPS) is 12.1. The second-order valence-electron chi connectivity index (χ2n) is 6.87. The predicted octanol–water partition coefficient (Wildman–Crippen LogP) is 4.25. The fourth-order valence-electron chi connectivity index (χ4n) is 3.27. The van der Waals surface area contributed by atoms with Crippen LogP contribution >= 0.6 is 11.3 Å². The van der Waals surface area contributed by atoms with E-state index in [2.05, 4.69) is 25.4 Å². The van der Waals surface area contributed by atoms with Crippen molar-refractivity contribution in [2.45, 2.75) is 39.8 Å². The zero-order chi connectivity index (χ0) is 21.6. The fourth-order valence-corrected chi connectivity index (χ4v) is 4.14. The largest absolute Gasteiger partial charge is 0.453 e. The number of aryl methyl sites for hydroxylation is 3. The number of hydrogen-bond acceptors (Lipinski definition) is 6. The summed E-state index contributed by atoms with van der Waals surface area (Å²) in [5, 5.41) is 7.32. The highest BCUT2D eigenvalue weighted by Crippen LogP contribution is 2.27. The summed E-state index contributed by atoms with van der Waals surface area (Å²) in [6.07, 6.45) is -4.18. The van der Waals surface area contributed by atoms with Crippen LogP contribution in [0.3, 0.4) is 0 Å². The van der Waals surface area contributed by atoms with Gasteiger partial charge in [0, 0.05) is 23.5 Å². The number of halogens is 3. The molecule has 156 valence electrons. The molecule has 0 bridgehead atoms. The second kappa shape index (κ2) is 7.31. The number of benzene rings is 1. The van der Waals surface area contributed by atoms with Crippen LogP contribution in [0.4, 0.5) is 18.9 Å². The Labute approximate surface area is 173 Å². The Morgan fingerprint density at radius 2 is 1.93 bits per heavy atom. The van der Waals surface area contributed by atoms with Gasteiger partial charge in [-0.15, -0.1) is 16.4 Å². The number of rotatable bonds is 4. The third-order valence-corrected chi connectivity index (χ3v) is 5.62. The standard InChI is InChI=1S/C19H17F3N6OS/c1-9-13(10(2)28-18(23-9)26-17(27-28)19(20,21)22)5-7-16(29)25-12-4-6-14-15(8-12)30-11(3)24-14/h4,6,8H,5,7H2,1-3H3,(H,25,29). The number of nitrogens with one attached hydrogen (secondary N) is 1. The molecule has 3 heterocycles. The number of aromatic nitrogens is 5. The van der Waals surface area contributed by atoms with E-state index in [1.807, 2.05) is 19.1 Å². The van der Waals surface area contributed by atoms with Gasteiger partial charge in [0.2, 0.25) is 5.91 Å². The summed E-state index contributed by atoms with van der Waals surface area (Å²) in [6.45, 7) is 5.25. The number of nitrogens with zero attached hydrogens (tertiary/aromatic N) is 5. The molecule has 1 amide bonds. The quantitative estimate of drug-likeness (QED) is 0.519. The molecule has 4 aromatic rings. The first-order valence-electron chi connectivity index (χ1n) is 9.09. The van der Waals surface area contributed by atoms with Crippen molar-refractivity contribution in [2.24, 2.45) is 0 Å². The zero-order valence-electron chi connectivity index (χ0n) is 16.3. The topological polar surface area (TPSA) is 85.1 Å². The Morgan fingerprint density at radius 3 is 2.67 bits per heavy atom. The summed E-state index contributed by atoms with van der Waals surface area (Å²) >= 11 is 1.55. The molecule has 11 heteroatoms. The third-order valence-electron chi connectivity index (χ3n) is 4.68. The molecule has 0 aliphatic carbocycles. The van der Waals surface area contributed by atoms with Crippen LogP contribution in [-0.2, 0) is 17.4 Å². The Balaban J connectivity index is 1.51. The van der Waals surface area contributed by atoms with E-state index >= 15 is 0 Å². The maximum absolute atomic E-state index is 12.9. The number of hydrogen-bond donors (Lipinski definition) is 1. The molecule has 0 aliphatic heterocycles. The Kier molecular flexibility index (Phi) is 4.92. The van der Waals surface area contributed by atoms with Gasteiger partial charge in [-0.3, -0.25) is 4.79 Å². The Morgan fingerprint density at radius 1 is 1.17 bits per heavy atom. The summed E-state index contributed by atoms with van der Waals surface area (Å²) in [4.78, 5) is 24.4. The first-order valence-corrected chi connectivity index (χ1v) is 9.90. The third kappa shape index (κ3) is 3.84. The maximum Gasteiger partial charge on any atom is 0.453 e. The lowest BCUT2D eigenvalue weighted by Crippen LogP contribution is -2.14. The highest BCUT2D eigenvalue weighted by Gasteiger charge is 2.36. The van der Waals surface area contributed by atoms with Crippen LogP contribution in [0.5, 0.6) is 0 Å². The van der Waals surface area contributed by atoms with E-state index < -0.39 is 12.0 Å². The summed E-state index contributed by atoms with van der Waals surface area (Å²) in [5.74, 6) is -1.55. The van der Waals surface area contributed by atoms with Gasteiger partial charge in [-0.25, -0.2) is 14.5 Å². The molecule has 0 fully saturated rings. The highest BCUT2D eigenvalue weighted by atomic mass is 32.1. The first-order chi connectivity index (χ1) is 14.1. The molecule has 0 radical (unpaired) electrons. The molecule has 1 aromatic carbocycles. The lowest BCUT2D eigenvalue weighted by Gasteiger charge is -2.10. The number of carbonyl (C=O) groups excluding carboxylic acids is 1. The lowest BCUT2D eigenvalue weighted by atomic mass is 10.1. The molecule has 0 aliphatic rings. The maximum atomic E-state index is 12.9. The van der Waals surface area contributed by atoms with Crippen molar-refractivity contribution in [3.63, 3.8) is 0 Å². The predicted molar refractivity (Wildman–Crippen MR) is 107 cm³/mol. The monoisotopic (exact) mass is 434 g/mol. The Bertz CT molecular complexity index is 1280. The molecule has 30 heavy (non-hydrogen) atoms. The summed E-state index contributed by atoms with van der Waals surface area (Å²) < 4.78 is 40.7. The molecule has 3 aromatic heterocycles. The lowest BCUT2D eigenvalue weighted by molar-refractivity contribution is -0.144. The molecule has 0 spiro atoms. The van der Waals surface area contributed by atoms with E-state index in [4.69, 9.17) is 0 Å². The SMILES string of the molecule is Cc1nc2ccc(NC(=O)CCc3c(C)nc4nc(C(F)(F)F)nn4c3C)cc2s1. The Hall–Kier alpha value is -3.08. The second-order valence-corrected chi connectivity index (χ2v) is 8.10. The average Bonchev–Trinajstić information content (AvgIpc) is 3.23. The molecule has 0 saturated heterocycles. The van der Waals surface area contributed by atoms with Crippen molar-refractivity contribution < 1.29 is 18.0 Å². The van der Waals surface area contributed by atoms with Gasteiger partial charge in [0.15, 0.2) is 0 Å². The van der Waals surface area contributed by atoms with Gasteiger partial charge in [0.25, 0.3) is 11.6 Å². The minimum Gasteiger partial charge on any atom is -0.326 e. The number of anilines is 1. The van der Waals surface area contributed by atoms with Crippen LogP contribution in [-0.4, -0.2) is 30.5 Å². The minimum absolute atomic E-state index is 0.112. The molecular formula is C19H17F3N6OS. The molecular weight excluding hydrogens is 417 g/mol. The van der Waals surface area contributed by atoms with Crippen LogP contribution in [0.2, 0.25) is 0 Å². The molecule has 7 nitrogen and oxygen atoms in total. The van der Waals surface area contributed by atoms with Crippen molar-refractivity contribution in [1.29, 1.82) is 0 Å². The van der Waals surface area contributed by atoms with Crippen LogP contribution in [0.25, 0.3) is 16.0 Å². The average molecular weight is 434 g/mol. The van der Waals surface area contributed by atoms with Crippen LogP contribution in [0.1, 0.15) is 34.2 Å². The summed E-state index contributed by atoms with van der Waals surface area (Å²) in [5.41, 5.74) is 3.23. The van der Waals surface area contributed by atoms with Gasteiger partial charge >= 0.3 is 6.18 Å². The minimum atomic E-state index is -4.65. The number of carbonyl (C=O) groups is 1. The fraction of sp³-hybridized carbons (Fsp3) is 0.316. The van der Waals surface area contributed by atoms with Gasteiger partial charge < -0.3 is 5.32 Å². The summed E-state index contributed by atoms with van der Waals surface area (Å²) in [6, 6.07) is 5.51. The smallest absolute Gasteiger partial charge is 0.326 e.